The van der Waals surface area contributed by atoms with Crippen LogP contribution in [0.4, 0.5) is 5.69 Å². The van der Waals surface area contributed by atoms with Crippen LogP contribution in [0.3, 0.4) is 0 Å². The van der Waals surface area contributed by atoms with Crippen molar-refractivity contribution >= 4 is 23.3 Å². The molecule has 3 nitrogen and oxygen atoms in total. The van der Waals surface area contributed by atoms with Crippen LogP contribution >= 0.6 is 11.6 Å². The molecule has 0 amide bonds. The molecule has 1 aromatic carbocycles. The van der Waals surface area contributed by atoms with E-state index in [-0.39, 0.29) is 12.1 Å². The second-order valence-corrected chi connectivity index (χ2v) is 5.73. The molecule has 2 aliphatic carbocycles. The molecule has 2 saturated carbocycles. The Hall–Kier alpha value is -1.22. The Bertz CT molecular complexity index is 489. The molecule has 2 fully saturated rings. The summed E-state index contributed by atoms with van der Waals surface area (Å²) in [7, 11) is 0. The van der Waals surface area contributed by atoms with Gasteiger partial charge in [-0.2, -0.15) is 0 Å². The number of ether oxygens (including phenoxy) is 1. The minimum absolute atomic E-state index is 0.0784. The van der Waals surface area contributed by atoms with E-state index >= 15 is 0 Å². The summed E-state index contributed by atoms with van der Waals surface area (Å²) in [6, 6.07) is 5.05. The number of carbonyl (C=O) groups excluding carboxylic acids is 1. The normalized spacial score (nSPS) is 29.5. The molecule has 0 spiro atoms. The van der Waals surface area contributed by atoms with Crippen LogP contribution in [0.25, 0.3) is 0 Å². The average Bonchev–Trinajstić information content (AvgIpc) is 2.94. The predicted octanol–water partition coefficient (Wildman–Crippen LogP) is 3.27. The number of nitrogen functional groups attached to an aromatic ring is 1. The number of benzene rings is 1. The van der Waals surface area contributed by atoms with E-state index in [1.54, 1.807) is 18.2 Å². The molecule has 2 aliphatic rings. The van der Waals surface area contributed by atoms with Gasteiger partial charge in [-0.15, -0.1) is 0 Å². The lowest BCUT2D eigenvalue weighted by Gasteiger charge is -2.22. The molecule has 2 bridgehead atoms. The molecule has 18 heavy (non-hydrogen) atoms. The van der Waals surface area contributed by atoms with E-state index in [0.29, 0.717) is 22.2 Å². The zero-order valence-electron chi connectivity index (χ0n) is 10.1. The Morgan fingerprint density at radius 3 is 2.83 bits per heavy atom. The second-order valence-electron chi connectivity index (χ2n) is 5.32. The highest BCUT2D eigenvalue weighted by atomic mass is 35.5. The summed E-state index contributed by atoms with van der Waals surface area (Å²) < 4.78 is 5.59. The zero-order chi connectivity index (χ0) is 12.7. The van der Waals surface area contributed by atoms with E-state index in [2.05, 4.69) is 0 Å². The molecule has 3 unspecified atom stereocenters. The Morgan fingerprint density at radius 1 is 1.33 bits per heavy atom. The molecule has 3 rings (SSSR count). The van der Waals surface area contributed by atoms with Crippen LogP contribution in [0.15, 0.2) is 18.2 Å². The highest BCUT2D eigenvalue weighted by Gasteiger charge is 2.41. The van der Waals surface area contributed by atoms with E-state index in [9.17, 15) is 4.79 Å². The van der Waals surface area contributed by atoms with Gasteiger partial charge in [0.05, 0.1) is 16.3 Å². The van der Waals surface area contributed by atoms with Gasteiger partial charge in [-0.05, 0) is 49.7 Å². The molecule has 1 aromatic rings. The van der Waals surface area contributed by atoms with Gasteiger partial charge in [0.2, 0.25) is 0 Å². The minimum atomic E-state index is -0.340. The van der Waals surface area contributed by atoms with E-state index in [1.807, 2.05) is 0 Å². The maximum Gasteiger partial charge on any atom is 0.340 e. The van der Waals surface area contributed by atoms with Crippen LogP contribution < -0.4 is 5.73 Å². The van der Waals surface area contributed by atoms with Crippen molar-refractivity contribution in [2.45, 2.75) is 31.8 Å². The van der Waals surface area contributed by atoms with Crippen molar-refractivity contribution in [1.82, 2.24) is 0 Å². The molecule has 0 saturated heterocycles. The lowest BCUT2D eigenvalue weighted by Crippen LogP contribution is -2.24. The van der Waals surface area contributed by atoms with Gasteiger partial charge in [-0.25, -0.2) is 4.79 Å². The first-order valence-corrected chi connectivity index (χ1v) is 6.78. The number of rotatable bonds is 2. The number of halogens is 1. The van der Waals surface area contributed by atoms with Gasteiger partial charge in [0.25, 0.3) is 0 Å². The van der Waals surface area contributed by atoms with Crippen molar-refractivity contribution in [3.63, 3.8) is 0 Å². The van der Waals surface area contributed by atoms with Gasteiger partial charge in [0.15, 0.2) is 0 Å². The number of esters is 1. The number of anilines is 1. The van der Waals surface area contributed by atoms with Gasteiger partial charge in [-0.3, -0.25) is 0 Å². The first kappa shape index (κ1) is 11.8. The van der Waals surface area contributed by atoms with Crippen LogP contribution in [0.1, 0.15) is 36.0 Å². The lowest BCUT2D eigenvalue weighted by atomic mass is 9.97. The van der Waals surface area contributed by atoms with Gasteiger partial charge in [0, 0.05) is 0 Å². The van der Waals surface area contributed by atoms with E-state index in [1.165, 1.54) is 19.3 Å². The summed E-state index contributed by atoms with van der Waals surface area (Å²) in [5.41, 5.74) is 6.49. The van der Waals surface area contributed by atoms with Gasteiger partial charge in [0.1, 0.15) is 6.10 Å². The topological polar surface area (TPSA) is 52.3 Å². The summed E-state index contributed by atoms with van der Waals surface area (Å²) in [6.45, 7) is 0. The van der Waals surface area contributed by atoms with Crippen LogP contribution in [-0.2, 0) is 4.74 Å². The fourth-order valence-electron chi connectivity index (χ4n) is 3.25. The number of para-hydroxylation sites is 1. The number of hydrogen-bond donors (Lipinski definition) is 1. The Kier molecular flexibility index (Phi) is 2.94. The minimum Gasteiger partial charge on any atom is -0.458 e. The molecule has 96 valence electrons. The maximum atomic E-state index is 12.1. The van der Waals surface area contributed by atoms with E-state index < -0.39 is 0 Å². The van der Waals surface area contributed by atoms with Crippen molar-refractivity contribution in [2.75, 3.05) is 5.73 Å². The third-order valence-electron chi connectivity index (χ3n) is 4.20. The van der Waals surface area contributed by atoms with Crippen LogP contribution in [-0.4, -0.2) is 12.1 Å². The van der Waals surface area contributed by atoms with Crippen LogP contribution in [0.2, 0.25) is 5.02 Å². The molecule has 0 aliphatic heterocycles. The molecule has 0 aromatic heterocycles. The highest BCUT2D eigenvalue weighted by Crippen LogP contribution is 2.46. The van der Waals surface area contributed by atoms with E-state index in [0.717, 1.165) is 12.3 Å². The average molecular weight is 266 g/mol. The molecule has 0 radical (unpaired) electrons. The fourth-order valence-corrected chi connectivity index (χ4v) is 3.42. The van der Waals surface area contributed by atoms with Crippen molar-refractivity contribution in [1.29, 1.82) is 0 Å². The Balaban J connectivity index is 1.73. The summed E-state index contributed by atoms with van der Waals surface area (Å²) in [5.74, 6) is 0.969. The second kappa shape index (κ2) is 4.47. The first-order chi connectivity index (χ1) is 8.65. The number of nitrogens with two attached hydrogens (primary N) is 1. The smallest absolute Gasteiger partial charge is 0.340 e. The standard InChI is InChI=1S/C14H16ClNO2/c15-11-3-1-2-10(13(11)16)14(17)18-12-7-8-4-5-9(12)6-8/h1-3,8-9,12H,4-7,16H2. The van der Waals surface area contributed by atoms with Gasteiger partial charge in [-0.1, -0.05) is 17.7 Å². The summed E-state index contributed by atoms with van der Waals surface area (Å²) in [5, 5.41) is 0.400. The Labute approximate surface area is 111 Å². The van der Waals surface area contributed by atoms with Crippen molar-refractivity contribution in [3.8, 4) is 0 Å². The molecular formula is C14H16ClNO2. The number of fused-ring (bicyclic) bond motifs is 2. The third kappa shape index (κ3) is 1.97. The quantitative estimate of drug-likeness (QED) is 0.660. The SMILES string of the molecule is Nc1c(Cl)cccc1C(=O)OC1CC2CCC1C2. The predicted molar refractivity (Wildman–Crippen MR) is 70.5 cm³/mol. The maximum absolute atomic E-state index is 12.1. The molecular weight excluding hydrogens is 250 g/mol. The highest BCUT2D eigenvalue weighted by molar-refractivity contribution is 6.33. The Morgan fingerprint density at radius 2 is 2.17 bits per heavy atom. The number of hydrogen-bond acceptors (Lipinski definition) is 3. The fraction of sp³-hybridized carbons (Fsp3) is 0.500. The third-order valence-corrected chi connectivity index (χ3v) is 4.53. The van der Waals surface area contributed by atoms with Crippen molar-refractivity contribution < 1.29 is 9.53 Å². The van der Waals surface area contributed by atoms with Crippen LogP contribution in [0.5, 0.6) is 0 Å². The first-order valence-electron chi connectivity index (χ1n) is 6.40. The van der Waals surface area contributed by atoms with Gasteiger partial charge < -0.3 is 10.5 Å². The van der Waals surface area contributed by atoms with E-state index in [4.69, 9.17) is 22.1 Å². The molecule has 3 atom stereocenters. The zero-order valence-corrected chi connectivity index (χ0v) is 10.8. The van der Waals surface area contributed by atoms with Crippen molar-refractivity contribution in [3.05, 3.63) is 28.8 Å². The lowest BCUT2D eigenvalue weighted by molar-refractivity contribution is 0.0160. The summed E-state index contributed by atoms with van der Waals surface area (Å²) in [6.07, 6.45) is 4.78. The summed E-state index contributed by atoms with van der Waals surface area (Å²) >= 11 is 5.90. The molecule has 2 N–H and O–H groups in total. The van der Waals surface area contributed by atoms with Crippen molar-refractivity contribution in [2.24, 2.45) is 11.8 Å². The van der Waals surface area contributed by atoms with Gasteiger partial charge >= 0.3 is 5.97 Å². The largest absolute Gasteiger partial charge is 0.458 e. The molecule has 0 heterocycles. The monoisotopic (exact) mass is 265 g/mol. The summed E-state index contributed by atoms with van der Waals surface area (Å²) in [4.78, 5) is 12.1. The number of carbonyl (C=O) groups is 1. The molecule has 4 heteroatoms. The van der Waals surface area contributed by atoms with Crippen LogP contribution in [0, 0.1) is 11.8 Å².